The van der Waals surface area contributed by atoms with Crippen LogP contribution in [0.1, 0.15) is 30.9 Å². The van der Waals surface area contributed by atoms with Crippen LogP contribution in [0.15, 0.2) is 60.9 Å². The largest absolute Gasteiger partial charge is 0.484 e. The van der Waals surface area contributed by atoms with Crippen molar-refractivity contribution in [3.63, 3.8) is 0 Å². The van der Waals surface area contributed by atoms with Crippen molar-refractivity contribution in [1.29, 1.82) is 0 Å². The van der Waals surface area contributed by atoms with Crippen LogP contribution < -0.4 is 9.64 Å². The summed E-state index contributed by atoms with van der Waals surface area (Å²) in [6.07, 6.45) is 3.27. The number of amides is 1. The van der Waals surface area contributed by atoms with E-state index in [1.807, 2.05) is 30.3 Å². The number of thiazole rings is 1. The smallest absolute Gasteiger partial charge is 0.267 e. The van der Waals surface area contributed by atoms with Gasteiger partial charge < -0.3 is 4.74 Å². The number of aromatic nitrogens is 2. The molecule has 0 N–H and O–H groups in total. The molecule has 2 aromatic carbocycles. The molecule has 0 fully saturated rings. The summed E-state index contributed by atoms with van der Waals surface area (Å²) in [6.45, 7) is 4.14. The Balaban J connectivity index is 1.59. The SMILES string of the molecule is CC(C)c1ccc(OCC(=O)N(Cc2cccnc2)c2nc3c(F)cc(F)cc3s2)cc1. The molecule has 4 aromatic rings. The molecule has 0 radical (unpaired) electrons. The number of halogens is 2. The lowest BCUT2D eigenvalue weighted by atomic mass is 10.0. The van der Waals surface area contributed by atoms with Crippen LogP contribution in [0.2, 0.25) is 0 Å². The highest BCUT2D eigenvalue weighted by Crippen LogP contribution is 2.32. The molecular weight excluding hydrogens is 432 g/mol. The Bertz CT molecular complexity index is 1230. The third kappa shape index (κ3) is 4.91. The number of carbonyl (C=O) groups is 1. The summed E-state index contributed by atoms with van der Waals surface area (Å²) in [5.74, 6) is -0.852. The molecule has 0 unspecified atom stereocenters. The maximum Gasteiger partial charge on any atom is 0.267 e. The number of carbonyl (C=O) groups excluding carboxylic acids is 1. The van der Waals surface area contributed by atoms with Gasteiger partial charge in [-0.2, -0.15) is 0 Å². The van der Waals surface area contributed by atoms with Crippen molar-refractivity contribution in [2.75, 3.05) is 11.5 Å². The molecule has 0 aliphatic rings. The van der Waals surface area contributed by atoms with Gasteiger partial charge in [0.1, 0.15) is 17.1 Å². The van der Waals surface area contributed by atoms with Crippen LogP contribution in [0.3, 0.4) is 0 Å². The van der Waals surface area contributed by atoms with Gasteiger partial charge in [0, 0.05) is 18.5 Å². The Hall–Kier alpha value is -3.39. The summed E-state index contributed by atoms with van der Waals surface area (Å²) in [5.41, 5.74) is 1.97. The zero-order chi connectivity index (χ0) is 22.7. The van der Waals surface area contributed by atoms with Crippen LogP contribution in [-0.4, -0.2) is 22.5 Å². The molecule has 1 amide bonds. The molecule has 0 aliphatic heterocycles. The number of nitrogens with zero attached hydrogens (tertiary/aromatic N) is 3. The average Bonchev–Trinajstić information content (AvgIpc) is 3.21. The van der Waals surface area contributed by atoms with E-state index in [-0.39, 0.29) is 29.7 Å². The van der Waals surface area contributed by atoms with Crippen LogP contribution in [0, 0.1) is 11.6 Å². The summed E-state index contributed by atoms with van der Waals surface area (Å²) in [6, 6.07) is 13.1. The normalized spacial score (nSPS) is 11.2. The first-order valence-corrected chi connectivity index (χ1v) is 10.9. The van der Waals surface area contributed by atoms with E-state index in [2.05, 4.69) is 23.8 Å². The first-order valence-electron chi connectivity index (χ1n) is 10.1. The van der Waals surface area contributed by atoms with Crippen molar-refractivity contribution in [3.05, 3.63) is 83.7 Å². The molecule has 4 rings (SSSR count). The average molecular weight is 454 g/mol. The van der Waals surface area contributed by atoms with Crippen molar-refractivity contribution >= 4 is 32.6 Å². The monoisotopic (exact) mass is 453 g/mol. The molecule has 0 atom stereocenters. The molecule has 0 spiro atoms. The van der Waals surface area contributed by atoms with Gasteiger partial charge in [0.05, 0.1) is 11.2 Å². The van der Waals surface area contributed by atoms with Crippen LogP contribution in [-0.2, 0) is 11.3 Å². The lowest BCUT2D eigenvalue weighted by molar-refractivity contribution is -0.120. The number of anilines is 1. The van der Waals surface area contributed by atoms with Crippen molar-refractivity contribution in [2.24, 2.45) is 0 Å². The summed E-state index contributed by atoms with van der Waals surface area (Å²) in [7, 11) is 0. The van der Waals surface area contributed by atoms with E-state index in [1.165, 1.54) is 16.5 Å². The Kier molecular flexibility index (Phi) is 6.41. The van der Waals surface area contributed by atoms with E-state index in [4.69, 9.17) is 4.74 Å². The van der Waals surface area contributed by atoms with Gasteiger partial charge in [-0.25, -0.2) is 13.8 Å². The van der Waals surface area contributed by atoms with E-state index < -0.39 is 11.6 Å². The zero-order valence-electron chi connectivity index (χ0n) is 17.6. The van der Waals surface area contributed by atoms with Crippen LogP contribution in [0.4, 0.5) is 13.9 Å². The number of ether oxygens (including phenoxy) is 1. The predicted molar refractivity (Wildman–Crippen MR) is 121 cm³/mol. The van der Waals surface area contributed by atoms with Crippen LogP contribution in [0.5, 0.6) is 5.75 Å². The third-order valence-electron chi connectivity index (χ3n) is 4.91. The van der Waals surface area contributed by atoms with Gasteiger partial charge in [0.25, 0.3) is 5.91 Å². The van der Waals surface area contributed by atoms with Gasteiger partial charge in [0.15, 0.2) is 17.6 Å². The Morgan fingerprint density at radius 3 is 2.62 bits per heavy atom. The second-order valence-electron chi connectivity index (χ2n) is 7.58. The highest BCUT2D eigenvalue weighted by molar-refractivity contribution is 7.22. The second kappa shape index (κ2) is 9.40. The summed E-state index contributed by atoms with van der Waals surface area (Å²) in [4.78, 5) is 22.9. The molecule has 5 nitrogen and oxygen atoms in total. The van der Waals surface area contributed by atoms with Gasteiger partial charge >= 0.3 is 0 Å². The minimum atomic E-state index is -0.766. The van der Waals surface area contributed by atoms with E-state index >= 15 is 0 Å². The zero-order valence-corrected chi connectivity index (χ0v) is 18.4. The molecule has 0 aliphatic carbocycles. The van der Waals surface area contributed by atoms with E-state index in [0.29, 0.717) is 16.4 Å². The van der Waals surface area contributed by atoms with E-state index in [9.17, 15) is 13.6 Å². The highest BCUT2D eigenvalue weighted by atomic mass is 32.1. The standard InChI is InChI=1S/C24H21F2N3O2S/c1-15(2)17-5-7-19(8-6-17)31-14-22(30)29(13-16-4-3-9-27-12-16)24-28-23-20(26)10-18(25)11-21(23)32-24/h3-12,15H,13-14H2,1-2H3. The topological polar surface area (TPSA) is 55.3 Å². The van der Waals surface area contributed by atoms with Gasteiger partial charge in [-0.3, -0.25) is 14.7 Å². The molecule has 2 aromatic heterocycles. The van der Waals surface area contributed by atoms with Gasteiger partial charge in [-0.1, -0.05) is 43.4 Å². The Labute approximate surface area is 188 Å². The number of benzene rings is 2. The summed E-state index contributed by atoms with van der Waals surface area (Å²) < 4.78 is 33.8. The van der Waals surface area contributed by atoms with Gasteiger partial charge in [0.2, 0.25) is 0 Å². The number of rotatable bonds is 7. The third-order valence-corrected chi connectivity index (χ3v) is 5.93. The number of pyridine rings is 1. The Morgan fingerprint density at radius 2 is 1.94 bits per heavy atom. The molecular formula is C24H21F2N3O2S. The number of hydrogen-bond acceptors (Lipinski definition) is 5. The molecule has 8 heteroatoms. The minimum Gasteiger partial charge on any atom is -0.484 e. The number of fused-ring (bicyclic) bond motifs is 1. The maximum atomic E-state index is 14.2. The van der Waals surface area contributed by atoms with E-state index in [1.54, 1.807) is 18.5 Å². The quantitative estimate of drug-likeness (QED) is 0.360. The van der Waals surface area contributed by atoms with Gasteiger partial charge in [-0.05, 0) is 41.3 Å². The molecule has 2 heterocycles. The Morgan fingerprint density at radius 1 is 1.16 bits per heavy atom. The fraction of sp³-hybridized carbons (Fsp3) is 0.208. The van der Waals surface area contributed by atoms with Crippen LogP contribution in [0.25, 0.3) is 10.2 Å². The van der Waals surface area contributed by atoms with Crippen molar-refractivity contribution in [1.82, 2.24) is 9.97 Å². The highest BCUT2D eigenvalue weighted by Gasteiger charge is 2.22. The van der Waals surface area contributed by atoms with Crippen molar-refractivity contribution in [2.45, 2.75) is 26.3 Å². The fourth-order valence-electron chi connectivity index (χ4n) is 3.17. The minimum absolute atomic E-state index is 0.0283. The molecule has 0 bridgehead atoms. The maximum absolute atomic E-state index is 14.2. The van der Waals surface area contributed by atoms with Crippen molar-refractivity contribution in [3.8, 4) is 5.75 Å². The molecule has 0 saturated carbocycles. The number of hydrogen-bond donors (Lipinski definition) is 0. The second-order valence-corrected chi connectivity index (χ2v) is 8.59. The van der Waals surface area contributed by atoms with Gasteiger partial charge in [-0.15, -0.1) is 0 Å². The van der Waals surface area contributed by atoms with E-state index in [0.717, 1.165) is 23.0 Å². The molecule has 0 saturated heterocycles. The lowest BCUT2D eigenvalue weighted by Crippen LogP contribution is -2.34. The first kappa shape index (κ1) is 21.8. The first-order chi connectivity index (χ1) is 15.4. The van der Waals surface area contributed by atoms with Crippen molar-refractivity contribution < 1.29 is 18.3 Å². The predicted octanol–water partition coefficient (Wildman–Crippen LogP) is 5.71. The fourth-order valence-corrected chi connectivity index (χ4v) is 4.19. The molecule has 32 heavy (non-hydrogen) atoms. The van der Waals surface area contributed by atoms with Crippen LogP contribution >= 0.6 is 11.3 Å². The molecule has 164 valence electrons. The lowest BCUT2D eigenvalue weighted by Gasteiger charge is -2.20. The summed E-state index contributed by atoms with van der Waals surface area (Å²) in [5, 5.41) is 0.261. The summed E-state index contributed by atoms with van der Waals surface area (Å²) >= 11 is 1.05.